The Morgan fingerprint density at radius 2 is 0.515 bits per heavy atom. The summed E-state index contributed by atoms with van der Waals surface area (Å²) in [5.41, 5.74) is 0.962. The Morgan fingerprint density at radius 1 is 0.279 bits per heavy atom. The van der Waals surface area contributed by atoms with Crippen molar-refractivity contribution in [2.24, 2.45) is 0 Å². The van der Waals surface area contributed by atoms with E-state index in [1.54, 1.807) is 24.3 Å². The predicted octanol–water partition coefficient (Wildman–Crippen LogP) is 17.5. The second kappa shape index (κ2) is 41.7. The van der Waals surface area contributed by atoms with Crippen molar-refractivity contribution < 1.29 is 38.0 Å². The van der Waals surface area contributed by atoms with Gasteiger partial charge in [-0.2, -0.15) is 0 Å². The van der Waals surface area contributed by atoms with Crippen LogP contribution in [-0.2, 0) is 0 Å². The van der Waals surface area contributed by atoms with Crippen molar-refractivity contribution in [1.82, 2.24) is 0 Å². The fourth-order valence-electron chi connectivity index (χ4n) is 8.59. The van der Waals surface area contributed by atoms with Crippen LogP contribution in [0, 0.1) is 0 Å². The summed E-state index contributed by atoms with van der Waals surface area (Å²) in [6.45, 7) is 7.01. The summed E-state index contributed by atoms with van der Waals surface area (Å²) in [7, 11) is 0. The molecule has 0 heterocycles. The van der Waals surface area contributed by atoms with Gasteiger partial charge in [-0.15, -0.1) is 0 Å². The molecule has 0 saturated carbocycles. The molecule has 0 atom stereocenters. The van der Waals surface area contributed by atoms with Gasteiger partial charge in [-0.3, -0.25) is 9.59 Å². The van der Waals surface area contributed by atoms with Gasteiger partial charge in [0.15, 0.2) is 12.6 Å². The molecule has 0 fully saturated rings. The number of hydrogen-bond donors (Lipinski definition) is 0. The number of unbranched alkanes of at least 4 members (excludes halogenated alkanes) is 30. The standard InChI is InChI=1S/C60H94O8/c1-3-5-7-9-11-13-15-17-19-21-23-25-27-29-31-33-43-63-57-37-35-53(51-61)59(49-57)67-47-45-65-55-39-41-56(42-40-55)66-46-48-68-60-50-58(38-36-54(60)52-62)64-44-34-32-30-28-26-24-22-20-18-16-14-12-10-8-6-4-2/h35-42,49-52H,3-34,43-48H2,1-2H3. The Labute approximate surface area is 414 Å². The number of aldehydes is 2. The average molecular weight is 943 g/mol. The molecule has 68 heavy (non-hydrogen) atoms. The maximum absolute atomic E-state index is 11.7. The van der Waals surface area contributed by atoms with E-state index in [1.807, 2.05) is 36.4 Å². The maximum Gasteiger partial charge on any atom is 0.153 e. The van der Waals surface area contributed by atoms with Gasteiger partial charge in [0, 0.05) is 12.1 Å². The van der Waals surface area contributed by atoms with Gasteiger partial charge in [-0.1, -0.05) is 206 Å². The van der Waals surface area contributed by atoms with E-state index in [1.165, 1.54) is 193 Å². The molecule has 8 heteroatoms. The van der Waals surface area contributed by atoms with Crippen molar-refractivity contribution in [1.29, 1.82) is 0 Å². The highest BCUT2D eigenvalue weighted by molar-refractivity contribution is 5.80. The lowest BCUT2D eigenvalue weighted by Crippen LogP contribution is -2.11. The van der Waals surface area contributed by atoms with Gasteiger partial charge in [0.25, 0.3) is 0 Å². The Balaban J connectivity index is 1.19. The van der Waals surface area contributed by atoms with Crippen LogP contribution in [0.4, 0.5) is 0 Å². The highest BCUT2D eigenvalue weighted by Crippen LogP contribution is 2.27. The molecule has 0 spiro atoms. The number of rotatable bonds is 48. The van der Waals surface area contributed by atoms with E-state index in [0.717, 1.165) is 25.4 Å². The number of hydrogen-bond acceptors (Lipinski definition) is 8. The minimum absolute atomic E-state index is 0.271. The van der Waals surface area contributed by atoms with Crippen LogP contribution >= 0.6 is 0 Å². The third-order valence-corrected chi connectivity index (χ3v) is 12.8. The lowest BCUT2D eigenvalue weighted by molar-refractivity contribution is 0.111. The molecule has 3 aromatic rings. The predicted molar refractivity (Wildman–Crippen MR) is 282 cm³/mol. The first-order chi connectivity index (χ1) is 33.7. The molecule has 0 unspecified atom stereocenters. The summed E-state index contributed by atoms with van der Waals surface area (Å²) < 4.78 is 35.7. The van der Waals surface area contributed by atoms with Crippen LogP contribution in [-0.4, -0.2) is 52.2 Å². The summed E-state index contributed by atoms with van der Waals surface area (Å²) >= 11 is 0. The van der Waals surface area contributed by atoms with Gasteiger partial charge in [0.05, 0.1) is 24.3 Å². The quantitative estimate of drug-likeness (QED) is 0.0409. The summed E-state index contributed by atoms with van der Waals surface area (Å²) in [6.07, 6.45) is 44.5. The topological polar surface area (TPSA) is 89.5 Å². The Morgan fingerprint density at radius 3 is 0.794 bits per heavy atom. The van der Waals surface area contributed by atoms with Crippen LogP contribution in [0.1, 0.15) is 240 Å². The fourth-order valence-corrected chi connectivity index (χ4v) is 8.59. The SMILES string of the molecule is CCCCCCCCCCCCCCCCCCOc1ccc(C=O)c(OCCOc2ccc(OCCOc3cc(OCCCCCCCCCCCCCCCCCC)ccc3C=O)cc2)c1. The van der Waals surface area contributed by atoms with E-state index in [4.69, 9.17) is 28.4 Å². The molecule has 0 radical (unpaired) electrons. The van der Waals surface area contributed by atoms with Crippen LogP contribution in [0.3, 0.4) is 0 Å². The van der Waals surface area contributed by atoms with E-state index in [-0.39, 0.29) is 13.2 Å². The van der Waals surface area contributed by atoms with E-state index >= 15 is 0 Å². The molecule has 0 amide bonds. The molecular weight excluding hydrogens is 849 g/mol. The van der Waals surface area contributed by atoms with Gasteiger partial charge in [-0.25, -0.2) is 0 Å². The second-order valence-corrected chi connectivity index (χ2v) is 18.8. The van der Waals surface area contributed by atoms with Crippen LogP contribution in [0.2, 0.25) is 0 Å². The first-order valence-corrected chi connectivity index (χ1v) is 27.7. The molecule has 8 nitrogen and oxygen atoms in total. The number of carbonyl (C=O) groups excluding carboxylic acids is 2. The Bertz CT molecular complexity index is 1520. The molecule has 0 bridgehead atoms. The lowest BCUT2D eigenvalue weighted by Gasteiger charge is -2.13. The molecule has 382 valence electrons. The van der Waals surface area contributed by atoms with Crippen molar-refractivity contribution >= 4 is 12.6 Å². The van der Waals surface area contributed by atoms with Crippen LogP contribution in [0.25, 0.3) is 0 Å². The first kappa shape index (κ1) is 58.1. The van der Waals surface area contributed by atoms with Crippen molar-refractivity contribution in [2.75, 3.05) is 39.6 Å². The molecule has 0 saturated heterocycles. The summed E-state index contributed by atoms with van der Waals surface area (Å²) in [6, 6.07) is 18.1. The van der Waals surface area contributed by atoms with Gasteiger partial charge in [0.1, 0.15) is 60.9 Å². The van der Waals surface area contributed by atoms with Gasteiger partial charge in [0.2, 0.25) is 0 Å². The highest BCUT2D eigenvalue weighted by Gasteiger charge is 2.09. The third-order valence-electron chi connectivity index (χ3n) is 12.8. The largest absolute Gasteiger partial charge is 0.493 e. The molecule has 3 rings (SSSR count). The summed E-state index contributed by atoms with van der Waals surface area (Å²) in [5.74, 6) is 3.74. The van der Waals surface area contributed by atoms with Crippen molar-refractivity contribution in [3.63, 3.8) is 0 Å². The number of carbonyl (C=O) groups is 2. The summed E-state index contributed by atoms with van der Waals surface area (Å²) in [5, 5.41) is 0. The minimum Gasteiger partial charge on any atom is -0.493 e. The van der Waals surface area contributed by atoms with E-state index in [9.17, 15) is 9.59 Å². The normalized spacial score (nSPS) is 11.1. The van der Waals surface area contributed by atoms with E-state index in [0.29, 0.717) is 72.1 Å². The van der Waals surface area contributed by atoms with Crippen LogP contribution in [0.5, 0.6) is 34.5 Å². The molecule has 0 N–H and O–H groups in total. The number of benzene rings is 3. The zero-order chi connectivity index (χ0) is 48.2. The molecule has 0 aromatic heterocycles. The van der Waals surface area contributed by atoms with E-state index < -0.39 is 0 Å². The smallest absolute Gasteiger partial charge is 0.153 e. The highest BCUT2D eigenvalue weighted by atomic mass is 16.5. The first-order valence-electron chi connectivity index (χ1n) is 27.7. The van der Waals surface area contributed by atoms with Gasteiger partial charge in [-0.05, 0) is 61.4 Å². The van der Waals surface area contributed by atoms with Gasteiger partial charge >= 0.3 is 0 Å². The van der Waals surface area contributed by atoms with Gasteiger partial charge < -0.3 is 28.4 Å². The van der Waals surface area contributed by atoms with Crippen molar-refractivity contribution in [3.05, 3.63) is 71.8 Å². The molecule has 0 aliphatic rings. The second-order valence-electron chi connectivity index (χ2n) is 18.8. The van der Waals surface area contributed by atoms with Crippen molar-refractivity contribution in [2.45, 2.75) is 219 Å². The van der Waals surface area contributed by atoms with E-state index in [2.05, 4.69) is 13.8 Å². The molecule has 0 aliphatic carbocycles. The lowest BCUT2D eigenvalue weighted by atomic mass is 10.0. The Kier molecular flexibility index (Phi) is 35.7. The molecular formula is C60H94O8. The average Bonchev–Trinajstić information content (AvgIpc) is 3.36. The van der Waals surface area contributed by atoms with Crippen molar-refractivity contribution in [3.8, 4) is 34.5 Å². The monoisotopic (exact) mass is 943 g/mol. The number of ether oxygens (including phenoxy) is 6. The fraction of sp³-hybridized carbons (Fsp3) is 0.667. The maximum atomic E-state index is 11.7. The summed E-state index contributed by atoms with van der Waals surface area (Å²) in [4.78, 5) is 23.4. The third kappa shape index (κ3) is 29.6. The minimum atomic E-state index is 0.271. The van der Waals surface area contributed by atoms with Crippen LogP contribution < -0.4 is 28.4 Å². The zero-order valence-corrected chi connectivity index (χ0v) is 43.1. The molecule has 3 aromatic carbocycles. The zero-order valence-electron chi connectivity index (χ0n) is 43.1. The molecule has 0 aliphatic heterocycles. The van der Waals surface area contributed by atoms with Crippen LogP contribution in [0.15, 0.2) is 60.7 Å². The Hall–Kier alpha value is -4.20.